The van der Waals surface area contributed by atoms with Gasteiger partial charge in [-0.3, -0.25) is 4.79 Å². The van der Waals surface area contributed by atoms with Gasteiger partial charge in [0.05, 0.1) is 4.90 Å². The highest BCUT2D eigenvalue weighted by Crippen LogP contribution is 2.26. The summed E-state index contributed by atoms with van der Waals surface area (Å²) in [6, 6.07) is 9.73. The topological polar surface area (TPSA) is 57.7 Å². The first-order valence-electron chi connectivity index (χ1n) is 10.5. The van der Waals surface area contributed by atoms with Crippen molar-refractivity contribution in [3.8, 4) is 0 Å². The molecule has 0 radical (unpaired) electrons. The second-order valence-electron chi connectivity index (χ2n) is 7.86. The van der Waals surface area contributed by atoms with Crippen LogP contribution in [0.25, 0.3) is 0 Å². The van der Waals surface area contributed by atoms with E-state index in [1.54, 1.807) is 17.4 Å². The third kappa shape index (κ3) is 4.73. The van der Waals surface area contributed by atoms with Crippen molar-refractivity contribution in [2.24, 2.45) is 0 Å². The molecule has 0 atom stereocenters. The number of amides is 1. The van der Waals surface area contributed by atoms with Crippen molar-refractivity contribution in [3.63, 3.8) is 0 Å². The van der Waals surface area contributed by atoms with Gasteiger partial charge in [-0.2, -0.15) is 4.31 Å². The van der Waals surface area contributed by atoms with Crippen LogP contribution in [0.2, 0.25) is 0 Å². The minimum Gasteiger partial charge on any atom is -0.340 e. The predicted molar refractivity (Wildman–Crippen MR) is 116 cm³/mol. The van der Waals surface area contributed by atoms with E-state index in [-0.39, 0.29) is 5.91 Å². The Bertz CT molecular complexity index is 946. The first-order chi connectivity index (χ1) is 14.0. The van der Waals surface area contributed by atoms with Crippen molar-refractivity contribution in [2.75, 3.05) is 26.2 Å². The number of hydrogen-bond acceptors (Lipinski definition) is 4. The van der Waals surface area contributed by atoms with Gasteiger partial charge >= 0.3 is 0 Å². The van der Waals surface area contributed by atoms with Crippen LogP contribution in [-0.4, -0.2) is 49.7 Å². The maximum absolute atomic E-state index is 13.1. The summed E-state index contributed by atoms with van der Waals surface area (Å²) in [7, 11) is -3.49. The highest BCUT2D eigenvalue weighted by molar-refractivity contribution is 7.89. The molecule has 0 spiro atoms. The standard InChI is InChI=1S/C22H28N2O3S2/c25-22(9-3-7-20-8-4-16-28-20)23-12-14-24(15-13-23)29(26,27)21-11-10-18-5-1-2-6-19(18)17-21/h4,8,10-11,16-17H,1-3,5-7,9,12-15H2. The van der Waals surface area contributed by atoms with Crippen LogP contribution in [0.4, 0.5) is 0 Å². The van der Waals surface area contributed by atoms with Gasteiger partial charge in [0.25, 0.3) is 0 Å². The quantitative estimate of drug-likeness (QED) is 0.702. The van der Waals surface area contributed by atoms with Gasteiger partial charge in [0.2, 0.25) is 15.9 Å². The normalized spacial score (nSPS) is 17.9. The van der Waals surface area contributed by atoms with Crippen molar-refractivity contribution in [1.82, 2.24) is 9.21 Å². The maximum atomic E-state index is 13.1. The first kappa shape index (κ1) is 20.6. The van der Waals surface area contributed by atoms with E-state index in [4.69, 9.17) is 0 Å². The highest BCUT2D eigenvalue weighted by Gasteiger charge is 2.30. The highest BCUT2D eigenvalue weighted by atomic mass is 32.2. The number of thiophene rings is 1. The molecule has 1 saturated heterocycles. The van der Waals surface area contributed by atoms with E-state index in [9.17, 15) is 13.2 Å². The molecule has 4 rings (SSSR count). The zero-order chi connectivity index (χ0) is 20.3. The molecule has 1 aliphatic heterocycles. The van der Waals surface area contributed by atoms with Crippen LogP contribution < -0.4 is 0 Å². The Labute approximate surface area is 177 Å². The van der Waals surface area contributed by atoms with Crippen LogP contribution in [0.3, 0.4) is 0 Å². The van der Waals surface area contributed by atoms with Gasteiger partial charge in [0.15, 0.2) is 0 Å². The Balaban J connectivity index is 1.32. The third-order valence-electron chi connectivity index (χ3n) is 5.94. The lowest BCUT2D eigenvalue weighted by Gasteiger charge is -2.34. The summed E-state index contributed by atoms with van der Waals surface area (Å²) in [5.74, 6) is 0.132. The zero-order valence-corrected chi connectivity index (χ0v) is 18.3. The minimum atomic E-state index is -3.49. The van der Waals surface area contributed by atoms with Crippen LogP contribution in [0.15, 0.2) is 40.6 Å². The molecule has 2 aromatic rings. The number of carbonyl (C=O) groups excluding carboxylic acids is 1. The number of aryl methyl sites for hydroxylation is 3. The number of fused-ring (bicyclic) bond motifs is 1. The van der Waals surface area contributed by atoms with Crippen LogP contribution in [0.1, 0.15) is 41.7 Å². The SMILES string of the molecule is O=C(CCCc1cccs1)N1CCN(S(=O)(=O)c2ccc3c(c2)CCCC3)CC1. The number of sulfonamides is 1. The monoisotopic (exact) mass is 432 g/mol. The molecule has 1 aliphatic carbocycles. The fourth-order valence-electron chi connectivity index (χ4n) is 4.22. The average Bonchev–Trinajstić information content (AvgIpc) is 3.27. The summed E-state index contributed by atoms with van der Waals surface area (Å²) >= 11 is 1.72. The van der Waals surface area contributed by atoms with Crippen molar-refractivity contribution in [1.29, 1.82) is 0 Å². The summed E-state index contributed by atoms with van der Waals surface area (Å²) in [6.45, 7) is 1.69. The van der Waals surface area contributed by atoms with Gasteiger partial charge in [-0.05, 0) is 73.2 Å². The van der Waals surface area contributed by atoms with E-state index in [0.717, 1.165) is 32.1 Å². The molecular formula is C22H28N2O3S2. The Morgan fingerprint density at radius 1 is 1.00 bits per heavy atom. The molecular weight excluding hydrogens is 404 g/mol. The molecule has 2 aliphatic rings. The van der Waals surface area contributed by atoms with E-state index >= 15 is 0 Å². The molecule has 1 aromatic heterocycles. The van der Waals surface area contributed by atoms with Gasteiger partial charge in [-0.25, -0.2) is 8.42 Å². The zero-order valence-electron chi connectivity index (χ0n) is 16.7. The lowest BCUT2D eigenvalue weighted by Crippen LogP contribution is -2.50. The molecule has 2 heterocycles. The Morgan fingerprint density at radius 3 is 2.48 bits per heavy atom. The number of carbonyl (C=O) groups is 1. The molecule has 0 unspecified atom stereocenters. The largest absolute Gasteiger partial charge is 0.340 e. The van der Waals surface area contributed by atoms with Crippen LogP contribution in [0, 0.1) is 0 Å². The predicted octanol–water partition coefficient (Wildman–Crippen LogP) is 3.48. The molecule has 5 nitrogen and oxygen atoms in total. The minimum absolute atomic E-state index is 0.132. The van der Waals surface area contributed by atoms with Crippen molar-refractivity contribution in [2.45, 2.75) is 49.8 Å². The van der Waals surface area contributed by atoms with Crippen molar-refractivity contribution >= 4 is 27.3 Å². The lowest BCUT2D eigenvalue weighted by molar-refractivity contribution is -0.132. The fraction of sp³-hybridized carbons (Fsp3) is 0.500. The molecule has 1 amide bonds. The van der Waals surface area contributed by atoms with E-state index in [0.29, 0.717) is 37.5 Å². The maximum Gasteiger partial charge on any atom is 0.243 e. The summed E-state index contributed by atoms with van der Waals surface area (Å²) < 4.78 is 27.7. The van der Waals surface area contributed by atoms with Crippen LogP contribution >= 0.6 is 11.3 Å². The summed E-state index contributed by atoms with van der Waals surface area (Å²) in [4.78, 5) is 16.0. The second-order valence-corrected chi connectivity index (χ2v) is 10.8. The summed E-state index contributed by atoms with van der Waals surface area (Å²) in [6.07, 6.45) is 6.61. The van der Waals surface area contributed by atoms with E-state index in [1.807, 2.05) is 23.1 Å². The van der Waals surface area contributed by atoms with E-state index < -0.39 is 10.0 Å². The van der Waals surface area contributed by atoms with Gasteiger partial charge in [0, 0.05) is 37.5 Å². The molecule has 1 fully saturated rings. The smallest absolute Gasteiger partial charge is 0.243 e. The number of piperazine rings is 1. The molecule has 0 saturated carbocycles. The van der Waals surface area contributed by atoms with Crippen LogP contribution in [0.5, 0.6) is 0 Å². The number of nitrogens with zero attached hydrogens (tertiary/aromatic N) is 2. The third-order valence-corrected chi connectivity index (χ3v) is 8.77. The van der Waals surface area contributed by atoms with E-state index in [1.165, 1.54) is 26.7 Å². The fourth-order valence-corrected chi connectivity index (χ4v) is 6.45. The molecule has 156 valence electrons. The van der Waals surface area contributed by atoms with Gasteiger partial charge < -0.3 is 4.90 Å². The molecule has 1 aromatic carbocycles. The number of rotatable bonds is 6. The van der Waals surface area contributed by atoms with Crippen molar-refractivity contribution in [3.05, 3.63) is 51.7 Å². The summed E-state index contributed by atoms with van der Waals surface area (Å²) in [5.41, 5.74) is 2.46. The molecule has 0 N–H and O–H groups in total. The number of hydrogen-bond donors (Lipinski definition) is 0. The summed E-state index contributed by atoms with van der Waals surface area (Å²) in [5, 5.41) is 2.05. The Hall–Kier alpha value is -1.70. The molecule has 0 bridgehead atoms. The van der Waals surface area contributed by atoms with Gasteiger partial charge in [0.1, 0.15) is 0 Å². The van der Waals surface area contributed by atoms with Gasteiger partial charge in [-0.15, -0.1) is 11.3 Å². The van der Waals surface area contributed by atoms with Crippen LogP contribution in [-0.2, 0) is 34.1 Å². The molecule has 29 heavy (non-hydrogen) atoms. The van der Waals surface area contributed by atoms with Gasteiger partial charge in [-0.1, -0.05) is 12.1 Å². The second kappa shape index (κ2) is 8.98. The first-order valence-corrected chi connectivity index (χ1v) is 12.8. The molecule has 7 heteroatoms. The lowest BCUT2D eigenvalue weighted by atomic mass is 9.92. The van der Waals surface area contributed by atoms with Crippen molar-refractivity contribution < 1.29 is 13.2 Å². The Morgan fingerprint density at radius 2 is 1.76 bits per heavy atom. The Kier molecular flexibility index (Phi) is 6.37. The average molecular weight is 433 g/mol. The van der Waals surface area contributed by atoms with E-state index in [2.05, 4.69) is 11.4 Å². The number of benzene rings is 1.